The van der Waals surface area contributed by atoms with E-state index in [0.29, 0.717) is 29.0 Å². The second kappa shape index (κ2) is 7.17. The molecule has 2 aromatic rings. The molecule has 0 bridgehead atoms. The molecule has 0 fully saturated rings. The molecule has 22 heavy (non-hydrogen) atoms. The number of hydrogen-bond acceptors (Lipinski definition) is 5. The predicted molar refractivity (Wildman–Crippen MR) is 81.0 cm³/mol. The highest BCUT2D eigenvalue weighted by atomic mass is 32.2. The van der Waals surface area contributed by atoms with E-state index in [1.807, 2.05) is 0 Å². The van der Waals surface area contributed by atoms with Gasteiger partial charge in [-0.3, -0.25) is 9.78 Å². The predicted octanol–water partition coefficient (Wildman–Crippen LogP) is 2.53. The molecule has 8 heteroatoms. The number of anilines is 1. The van der Waals surface area contributed by atoms with Crippen molar-refractivity contribution in [1.29, 1.82) is 0 Å². The number of carbonyl (C=O) groups is 1. The van der Waals surface area contributed by atoms with Crippen molar-refractivity contribution in [3.05, 3.63) is 47.9 Å². The lowest BCUT2D eigenvalue weighted by atomic mass is 10.2. The molecule has 2 N–H and O–H groups in total. The number of hydrogen-bond donors (Lipinski definition) is 1. The van der Waals surface area contributed by atoms with Gasteiger partial charge in [-0.25, -0.2) is 4.98 Å². The molecule has 1 amide bonds. The third-order valence-corrected chi connectivity index (χ3v) is 3.56. The number of rotatable bonds is 6. The highest BCUT2D eigenvalue weighted by Crippen LogP contribution is 2.25. The summed E-state index contributed by atoms with van der Waals surface area (Å²) in [7, 11) is 1.79. The molecule has 1 aromatic carbocycles. The van der Waals surface area contributed by atoms with Gasteiger partial charge in [0.1, 0.15) is 11.5 Å². The Hall–Kier alpha value is -2.22. The molecule has 0 aliphatic carbocycles. The maximum absolute atomic E-state index is 12.3. The standard InChI is InChI=1S/C14H14F2N4OS/c1-20(12-7-18-6-11(19-12)13(17)21)8-9-2-4-10(5-3-9)22-14(15)16/h2-7,14H,8H2,1H3,(H2,17,21). The Morgan fingerprint density at radius 2 is 2.00 bits per heavy atom. The Bertz CT molecular complexity index is 652. The van der Waals surface area contributed by atoms with E-state index in [-0.39, 0.29) is 5.69 Å². The maximum Gasteiger partial charge on any atom is 0.288 e. The highest BCUT2D eigenvalue weighted by molar-refractivity contribution is 7.99. The van der Waals surface area contributed by atoms with Gasteiger partial charge < -0.3 is 10.6 Å². The number of aromatic nitrogens is 2. The average molecular weight is 324 g/mol. The quantitative estimate of drug-likeness (QED) is 0.827. The fourth-order valence-corrected chi connectivity index (χ4v) is 2.29. The SMILES string of the molecule is CN(Cc1ccc(SC(F)F)cc1)c1cncc(C(N)=O)n1. The molecular formula is C14H14F2N4OS. The van der Waals surface area contributed by atoms with E-state index in [0.717, 1.165) is 5.56 Å². The van der Waals surface area contributed by atoms with Crippen LogP contribution < -0.4 is 10.6 Å². The number of amides is 1. The van der Waals surface area contributed by atoms with Crippen LogP contribution in [0.4, 0.5) is 14.6 Å². The van der Waals surface area contributed by atoms with Crippen LogP contribution in [0.1, 0.15) is 16.1 Å². The van der Waals surface area contributed by atoms with Gasteiger partial charge in [-0.05, 0) is 17.7 Å². The Kier molecular flexibility index (Phi) is 5.26. The van der Waals surface area contributed by atoms with Gasteiger partial charge in [0.15, 0.2) is 0 Å². The molecule has 0 unspecified atom stereocenters. The smallest absolute Gasteiger partial charge is 0.288 e. The first-order valence-corrected chi connectivity index (χ1v) is 7.20. The Morgan fingerprint density at radius 1 is 1.32 bits per heavy atom. The molecule has 0 saturated carbocycles. The van der Waals surface area contributed by atoms with Crippen LogP contribution in [-0.2, 0) is 6.54 Å². The van der Waals surface area contributed by atoms with Crippen LogP contribution in [0.2, 0.25) is 0 Å². The molecular weight excluding hydrogens is 310 g/mol. The number of thioether (sulfide) groups is 1. The van der Waals surface area contributed by atoms with Crippen molar-refractivity contribution in [3.8, 4) is 0 Å². The van der Waals surface area contributed by atoms with Gasteiger partial charge in [-0.15, -0.1) is 0 Å². The average Bonchev–Trinajstić information content (AvgIpc) is 2.49. The minimum Gasteiger partial charge on any atom is -0.364 e. The molecule has 0 saturated heterocycles. The van der Waals surface area contributed by atoms with E-state index in [4.69, 9.17) is 5.73 Å². The van der Waals surface area contributed by atoms with Crippen molar-refractivity contribution in [2.45, 2.75) is 17.2 Å². The Morgan fingerprint density at radius 3 is 2.59 bits per heavy atom. The summed E-state index contributed by atoms with van der Waals surface area (Å²) < 4.78 is 24.5. The van der Waals surface area contributed by atoms with Gasteiger partial charge in [-0.1, -0.05) is 23.9 Å². The first-order valence-electron chi connectivity index (χ1n) is 6.32. The van der Waals surface area contributed by atoms with Crippen molar-refractivity contribution >= 4 is 23.5 Å². The third kappa shape index (κ3) is 4.39. The minimum absolute atomic E-state index is 0.0908. The summed E-state index contributed by atoms with van der Waals surface area (Å²) in [5.41, 5.74) is 6.18. The zero-order valence-electron chi connectivity index (χ0n) is 11.7. The second-order valence-corrected chi connectivity index (χ2v) is 5.57. The number of alkyl halides is 2. The van der Waals surface area contributed by atoms with E-state index in [1.54, 1.807) is 36.2 Å². The number of nitrogens with zero attached hydrogens (tertiary/aromatic N) is 3. The van der Waals surface area contributed by atoms with Gasteiger partial charge in [0, 0.05) is 18.5 Å². The van der Waals surface area contributed by atoms with Gasteiger partial charge in [-0.2, -0.15) is 8.78 Å². The van der Waals surface area contributed by atoms with Crippen LogP contribution in [0.3, 0.4) is 0 Å². The summed E-state index contributed by atoms with van der Waals surface area (Å²) in [6.07, 6.45) is 2.82. The molecule has 5 nitrogen and oxygen atoms in total. The van der Waals surface area contributed by atoms with Crippen molar-refractivity contribution in [3.63, 3.8) is 0 Å². The zero-order chi connectivity index (χ0) is 16.1. The maximum atomic E-state index is 12.3. The molecule has 2 rings (SSSR count). The van der Waals surface area contributed by atoms with Crippen LogP contribution in [0.15, 0.2) is 41.6 Å². The first-order chi connectivity index (χ1) is 10.5. The number of benzene rings is 1. The number of halogens is 2. The molecule has 1 heterocycles. The Balaban J connectivity index is 2.06. The Labute approximate surface area is 130 Å². The topological polar surface area (TPSA) is 72.1 Å². The van der Waals surface area contributed by atoms with E-state index in [9.17, 15) is 13.6 Å². The fraction of sp³-hybridized carbons (Fsp3) is 0.214. The molecule has 0 spiro atoms. The van der Waals surface area contributed by atoms with Crippen LogP contribution in [0.25, 0.3) is 0 Å². The second-order valence-electron chi connectivity index (χ2n) is 4.51. The molecule has 0 radical (unpaired) electrons. The summed E-state index contributed by atoms with van der Waals surface area (Å²) in [4.78, 5) is 21.4. The normalized spacial score (nSPS) is 10.7. The summed E-state index contributed by atoms with van der Waals surface area (Å²) in [5, 5.41) is 0. The first kappa shape index (κ1) is 16.2. The van der Waals surface area contributed by atoms with Crippen molar-refractivity contribution < 1.29 is 13.6 Å². The summed E-state index contributed by atoms with van der Waals surface area (Å²) in [6.45, 7) is 0.497. The van der Waals surface area contributed by atoms with Crippen LogP contribution in [0.5, 0.6) is 0 Å². The molecule has 0 atom stereocenters. The van der Waals surface area contributed by atoms with Gasteiger partial charge in [0.2, 0.25) is 0 Å². The molecule has 0 aliphatic rings. The fourth-order valence-electron chi connectivity index (χ4n) is 1.79. The minimum atomic E-state index is -2.43. The molecule has 1 aromatic heterocycles. The lowest BCUT2D eigenvalue weighted by Crippen LogP contribution is -2.20. The lowest BCUT2D eigenvalue weighted by molar-refractivity contribution is 0.0995. The summed E-state index contributed by atoms with van der Waals surface area (Å²) >= 11 is 0.507. The van der Waals surface area contributed by atoms with E-state index < -0.39 is 11.7 Å². The van der Waals surface area contributed by atoms with Crippen molar-refractivity contribution in [1.82, 2.24) is 9.97 Å². The van der Waals surface area contributed by atoms with Crippen molar-refractivity contribution in [2.75, 3.05) is 11.9 Å². The monoisotopic (exact) mass is 324 g/mol. The largest absolute Gasteiger partial charge is 0.364 e. The summed E-state index contributed by atoms with van der Waals surface area (Å²) in [6, 6.07) is 6.83. The lowest BCUT2D eigenvalue weighted by Gasteiger charge is -2.18. The number of primary amides is 1. The van der Waals surface area contributed by atoms with Gasteiger partial charge >= 0.3 is 0 Å². The van der Waals surface area contributed by atoms with E-state index in [2.05, 4.69) is 9.97 Å². The number of nitrogens with two attached hydrogens (primary N) is 1. The van der Waals surface area contributed by atoms with Gasteiger partial charge in [0.25, 0.3) is 11.7 Å². The van der Waals surface area contributed by atoms with Crippen LogP contribution in [0, 0.1) is 0 Å². The van der Waals surface area contributed by atoms with Gasteiger partial charge in [0.05, 0.1) is 12.4 Å². The van der Waals surface area contributed by atoms with Crippen molar-refractivity contribution in [2.24, 2.45) is 5.73 Å². The highest BCUT2D eigenvalue weighted by Gasteiger charge is 2.09. The van der Waals surface area contributed by atoms with Crippen LogP contribution in [-0.4, -0.2) is 28.7 Å². The molecule has 116 valence electrons. The van der Waals surface area contributed by atoms with E-state index in [1.165, 1.54) is 12.4 Å². The van der Waals surface area contributed by atoms with E-state index >= 15 is 0 Å². The number of carbonyl (C=O) groups excluding carboxylic acids is 1. The zero-order valence-corrected chi connectivity index (χ0v) is 12.6. The van der Waals surface area contributed by atoms with Crippen LogP contribution >= 0.6 is 11.8 Å². The third-order valence-electron chi connectivity index (χ3n) is 2.83. The summed E-state index contributed by atoms with van der Waals surface area (Å²) in [5.74, 6) is -2.57. The molecule has 0 aliphatic heterocycles.